The third-order valence-electron chi connectivity index (χ3n) is 5.76. The van der Waals surface area contributed by atoms with Crippen LogP contribution in [-0.4, -0.2) is 40.8 Å². The third-order valence-corrected chi connectivity index (χ3v) is 6.19. The lowest BCUT2D eigenvalue weighted by atomic mass is 9.85. The van der Waals surface area contributed by atoms with E-state index in [2.05, 4.69) is 5.32 Å². The van der Waals surface area contributed by atoms with Crippen LogP contribution in [0.1, 0.15) is 31.4 Å². The van der Waals surface area contributed by atoms with Crippen LogP contribution in [0.5, 0.6) is 0 Å². The highest BCUT2D eigenvalue weighted by molar-refractivity contribution is 6.35. The van der Waals surface area contributed by atoms with Crippen molar-refractivity contribution in [3.8, 4) is 0 Å². The summed E-state index contributed by atoms with van der Waals surface area (Å²) in [6.07, 6.45) is 0.837. The molecule has 4 rings (SSSR count). The van der Waals surface area contributed by atoms with Gasteiger partial charge < -0.3 is 15.0 Å². The van der Waals surface area contributed by atoms with Crippen molar-refractivity contribution in [3.05, 3.63) is 75.5 Å². The van der Waals surface area contributed by atoms with E-state index in [1.165, 1.54) is 13.8 Å². The molecular formula is C24H22Cl2N2O4. The minimum Gasteiger partial charge on any atom is -0.428 e. The van der Waals surface area contributed by atoms with Gasteiger partial charge in [-0.25, -0.2) is 0 Å². The largest absolute Gasteiger partial charge is 0.428 e. The average Bonchev–Trinajstić information content (AvgIpc) is 3.13. The second kappa shape index (κ2) is 8.60. The second-order valence-electron chi connectivity index (χ2n) is 8.17. The number of nitrogens with zero attached hydrogens (tertiary/aromatic N) is 1. The molecule has 0 saturated carbocycles. The molecular weight excluding hydrogens is 451 g/mol. The molecule has 2 unspecified atom stereocenters. The van der Waals surface area contributed by atoms with E-state index >= 15 is 0 Å². The monoisotopic (exact) mass is 472 g/mol. The molecule has 0 aliphatic carbocycles. The maximum atomic E-state index is 13.7. The van der Waals surface area contributed by atoms with E-state index in [-0.39, 0.29) is 29.2 Å². The number of nitrogens with one attached hydrogen (secondary N) is 1. The van der Waals surface area contributed by atoms with Gasteiger partial charge >= 0.3 is 5.97 Å². The van der Waals surface area contributed by atoms with Gasteiger partial charge in [0.2, 0.25) is 5.91 Å². The van der Waals surface area contributed by atoms with Gasteiger partial charge in [-0.2, -0.15) is 0 Å². The number of benzene rings is 2. The van der Waals surface area contributed by atoms with Crippen molar-refractivity contribution >= 4 is 46.6 Å². The molecule has 2 aliphatic rings. The number of esters is 1. The van der Waals surface area contributed by atoms with Crippen molar-refractivity contribution < 1.29 is 19.1 Å². The number of hydrogen-bond donors (Lipinski definition) is 1. The van der Waals surface area contributed by atoms with Crippen molar-refractivity contribution in [3.63, 3.8) is 0 Å². The SMILES string of the molecule is CC(=O)NC1CN2C(=O)C(c3cc(Cl)cc(Cl)c3)=C(OC(C)=O)C2(Cc2ccccc2)C1. The molecule has 2 aliphatic heterocycles. The highest BCUT2D eigenvalue weighted by Crippen LogP contribution is 2.49. The maximum absolute atomic E-state index is 13.7. The van der Waals surface area contributed by atoms with Crippen LogP contribution in [0.4, 0.5) is 0 Å². The summed E-state index contributed by atoms with van der Waals surface area (Å²) in [7, 11) is 0. The van der Waals surface area contributed by atoms with Crippen LogP contribution in [-0.2, 0) is 25.5 Å². The van der Waals surface area contributed by atoms with Gasteiger partial charge in [0.15, 0.2) is 0 Å². The Bertz CT molecular complexity index is 1110. The molecule has 2 aromatic carbocycles. The minimum atomic E-state index is -0.929. The summed E-state index contributed by atoms with van der Waals surface area (Å²) < 4.78 is 5.75. The van der Waals surface area contributed by atoms with Crippen LogP contribution in [0, 0.1) is 0 Å². The molecule has 0 bridgehead atoms. The van der Waals surface area contributed by atoms with E-state index in [4.69, 9.17) is 27.9 Å². The van der Waals surface area contributed by atoms with Gasteiger partial charge in [-0.1, -0.05) is 53.5 Å². The summed E-state index contributed by atoms with van der Waals surface area (Å²) in [6.45, 7) is 3.05. The molecule has 2 aromatic rings. The number of carbonyl (C=O) groups is 3. The zero-order chi connectivity index (χ0) is 23.0. The van der Waals surface area contributed by atoms with Gasteiger partial charge in [-0.15, -0.1) is 0 Å². The molecule has 1 fully saturated rings. The predicted octanol–water partition coefficient (Wildman–Crippen LogP) is 4.00. The van der Waals surface area contributed by atoms with E-state index in [0.717, 1.165) is 5.56 Å². The average molecular weight is 473 g/mol. The number of halogens is 2. The summed E-state index contributed by atoms with van der Waals surface area (Å²) in [5, 5.41) is 3.65. The van der Waals surface area contributed by atoms with E-state index in [0.29, 0.717) is 35.0 Å². The van der Waals surface area contributed by atoms with Crippen molar-refractivity contribution in [2.45, 2.75) is 38.3 Å². The molecule has 0 aromatic heterocycles. The summed E-state index contributed by atoms with van der Waals surface area (Å²) in [5.74, 6) is -0.734. The lowest BCUT2D eigenvalue weighted by Crippen LogP contribution is -2.45. The second-order valence-corrected chi connectivity index (χ2v) is 9.04. The number of hydrogen-bond acceptors (Lipinski definition) is 4. The standard InChI is InChI=1S/C24H22Cl2N2O4/c1-14(29)27-20-12-24(11-16-6-4-3-5-7-16)22(32-15(2)30)21(23(31)28(24)13-20)17-8-18(25)10-19(26)9-17/h3-10,20H,11-13H2,1-2H3,(H,27,29). The van der Waals surface area contributed by atoms with Gasteiger partial charge in [0, 0.05) is 49.3 Å². The first-order valence-corrected chi connectivity index (χ1v) is 11.0. The molecule has 0 spiro atoms. The van der Waals surface area contributed by atoms with Crippen LogP contribution >= 0.6 is 23.2 Å². The molecule has 6 nitrogen and oxygen atoms in total. The molecule has 32 heavy (non-hydrogen) atoms. The van der Waals surface area contributed by atoms with Gasteiger partial charge in [0.05, 0.1) is 5.57 Å². The van der Waals surface area contributed by atoms with Crippen molar-refractivity contribution in [2.24, 2.45) is 0 Å². The Kier molecular flexibility index (Phi) is 6.01. The van der Waals surface area contributed by atoms with E-state index in [1.54, 1.807) is 23.1 Å². The van der Waals surface area contributed by atoms with E-state index < -0.39 is 11.5 Å². The Hall–Kier alpha value is -2.83. The summed E-state index contributed by atoms with van der Waals surface area (Å²) in [6, 6.07) is 14.2. The Balaban J connectivity index is 1.91. The van der Waals surface area contributed by atoms with Crippen LogP contribution in [0.2, 0.25) is 10.0 Å². The van der Waals surface area contributed by atoms with Crippen LogP contribution in [0.3, 0.4) is 0 Å². The minimum absolute atomic E-state index is 0.182. The number of rotatable bonds is 5. The zero-order valence-electron chi connectivity index (χ0n) is 17.7. The lowest BCUT2D eigenvalue weighted by molar-refractivity contribution is -0.139. The topological polar surface area (TPSA) is 75.7 Å². The zero-order valence-corrected chi connectivity index (χ0v) is 19.2. The van der Waals surface area contributed by atoms with Crippen LogP contribution in [0.25, 0.3) is 5.57 Å². The smallest absolute Gasteiger partial charge is 0.307 e. The lowest BCUT2D eigenvalue weighted by Gasteiger charge is -2.33. The highest BCUT2D eigenvalue weighted by atomic mass is 35.5. The molecule has 1 saturated heterocycles. The quantitative estimate of drug-likeness (QED) is 0.667. The molecule has 8 heteroatoms. The first-order valence-electron chi connectivity index (χ1n) is 10.2. The maximum Gasteiger partial charge on any atom is 0.307 e. The first-order chi connectivity index (χ1) is 15.2. The van der Waals surface area contributed by atoms with Crippen molar-refractivity contribution in [2.75, 3.05) is 6.54 Å². The fourth-order valence-electron chi connectivity index (χ4n) is 4.74. The Morgan fingerprint density at radius 1 is 1.12 bits per heavy atom. The Labute approximate surface area is 196 Å². The van der Waals surface area contributed by atoms with Crippen LogP contribution < -0.4 is 5.32 Å². The molecule has 2 heterocycles. The normalized spacial score (nSPS) is 22.2. The van der Waals surface area contributed by atoms with Gasteiger partial charge in [0.1, 0.15) is 11.3 Å². The fraction of sp³-hybridized carbons (Fsp3) is 0.292. The number of amides is 2. The molecule has 2 atom stereocenters. The van der Waals surface area contributed by atoms with E-state index in [9.17, 15) is 14.4 Å². The number of fused-ring (bicyclic) bond motifs is 1. The Morgan fingerprint density at radius 3 is 2.38 bits per heavy atom. The summed E-state index contributed by atoms with van der Waals surface area (Å²) in [4.78, 5) is 39.3. The van der Waals surface area contributed by atoms with E-state index in [1.807, 2.05) is 30.3 Å². The van der Waals surface area contributed by atoms with Crippen LogP contribution in [0.15, 0.2) is 54.3 Å². The Morgan fingerprint density at radius 2 is 1.78 bits per heavy atom. The molecule has 0 radical (unpaired) electrons. The van der Waals surface area contributed by atoms with Crippen molar-refractivity contribution in [1.82, 2.24) is 10.2 Å². The van der Waals surface area contributed by atoms with Gasteiger partial charge in [-0.3, -0.25) is 14.4 Å². The molecule has 1 N–H and O–H groups in total. The third kappa shape index (κ3) is 4.12. The molecule has 2 amide bonds. The van der Waals surface area contributed by atoms with Gasteiger partial charge in [0.25, 0.3) is 5.91 Å². The molecule has 166 valence electrons. The summed E-state index contributed by atoms with van der Waals surface area (Å²) in [5.41, 5.74) is 0.800. The van der Waals surface area contributed by atoms with Gasteiger partial charge in [-0.05, 0) is 29.3 Å². The number of ether oxygens (including phenoxy) is 1. The summed E-state index contributed by atoms with van der Waals surface area (Å²) >= 11 is 12.4. The predicted molar refractivity (Wildman–Crippen MR) is 122 cm³/mol. The highest BCUT2D eigenvalue weighted by Gasteiger charge is 2.59. The first kappa shape index (κ1) is 22.4. The van der Waals surface area contributed by atoms with Crippen molar-refractivity contribution in [1.29, 1.82) is 0 Å². The fourth-order valence-corrected chi connectivity index (χ4v) is 5.27. The number of carbonyl (C=O) groups excluding carboxylic acids is 3.